The highest BCUT2D eigenvalue weighted by Crippen LogP contribution is 2.22. The summed E-state index contributed by atoms with van der Waals surface area (Å²) in [5, 5.41) is 1.59. The van der Waals surface area contributed by atoms with E-state index in [4.69, 9.17) is 0 Å². The van der Waals surface area contributed by atoms with Gasteiger partial charge in [0.05, 0.1) is 11.3 Å². The van der Waals surface area contributed by atoms with E-state index in [1.807, 2.05) is 18.2 Å². The van der Waals surface area contributed by atoms with Crippen LogP contribution in [0.1, 0.15) is 10.4 Å². The molecule has 0 aliphatic heterocycles. The third-order valence-electron chi connectivity index (χ3n) is 2.31. The highest BCUT2D eigenvalue weighted by molar-refractivity contribution is 8.00. The van der Waals surface area contributed by atoms with Crippen molar-refractivity contribution in [1.29, 1.82) is 0 Å². The summed E-state index contributed by atoms with van der Waals surface area (Å²) in [7, 11) is 6.94. The molecule has 2 amide bonds. The van der Waals surface area contributed by atoms with E-state index < -0.39 is 0 Å². The number of rotatable bonds is 5. The number of nitrogens with one attached hydrogen (secondary N) is 1. The lowest BCUT2D eigenvalue weighted by molar-refractivity contribution is -0.125. The molecule has 0 fully saturated rings. The van der Waals surface area contributed by atoms with Gasteiger partial charge in [-0.2, -0.15) is 0 Å². The van der Waals surface area contributed by atoms with Gasteiger partial charge >= 0.3 is 0 Å². The van der Waals surface area contributed by atoms with E-state index >= 15 is 0 Å². The summed E-state index contributed by atoms with van der Waals surface area (Å²) in [5.41, 5.74) is 3.27. The molecule has 6 heteroatoms. The van der Waals surface area contributed by atoms with Crippen LogP contribution >= 0.6 is 11.8 Å². The van der Waals surface area contributed by atoms with Gasteiger partial charge in [-0.05, 0) is 12.1 Å². The average Bonchev–Trinajstić information content (AvgIpc) is 2.35. The number of carbonyl (C=O) groups is 2. The molecular formula is C13H19N3O2S. The van der Waals surface area contributed by atoms with Gasteiger partial charge in [0, 0.05) is 33.1 Å². The van der Waals surface area contributed by atoms with Crippen molar-refractivity contribution >= 4 is 23.6 Å². The summed E-state index contributed by atoms with van der Waals surface area (Å²) in [4.78, 5) is 25.9. The van der Waals surface area contributed by atoms with Crippen molar-refractivity contribution in [3.63, 3.8) is 0 Å². The Hall–Kier alpha value is -1.53. The lowest BCUT2D eigenvalue weighted by atomic mass is 10.2. The largest absolute Gasteiger partial charge is 0.348 e. The molecule has 1 aromatic rings. The van der Waals surface area contributed by atoms with E-state index in [2.05, 4.69) is 5.43 Å². The fourth-order valence-electron chi connectivity index (χ4n) is 1.31. The predicted molar refractivity (Wildman–Crippen MR) is 77.0 cm³/mol. The van der Waals surface area contributed by atoms with Crippen LogP contribution < -0.4 is 5.43 Å². The van der Waals surface area contributed by atoms with Crippen LogP contribution in [0.3, 0.4) is 0 Å². The molecular weight excluding hydrogens is 262 g/mol. The minimum atomic E-state index is -0.176. The Labute approximate surface area is 117 Å². The van der Waals surface area contributed by atoms with Gasteiger partial charge in [0.2, 0.25) is 5.91 Å². The summed E-state index contributed by atoms with van der Waals surface area (Å²) in [5.74, 6) is 0.164. The first-order chi connectivity index (χ1) is 8.91. The fourth-order valence-corrected chi connectivity index (χ4v) is 2.34. The number of carbonyl (C=O) groups excluding carboxylic acids is 2. The molecule has 0 aliphatic rings. The maximum Gasteiger partial charge on any atom is 0.266 e. The molecule has 0 saturated carbocycles. The maximum absolute atomic E-state index is 12.0. The minimum Gasteiger partial charge on any atom is -0.348 e. The quantitative estimate of drug-likeness (QED) is 0.648. The third-order valence-corrected chi connectivity index (χ3v) is 3.37. The molecule has 1 rings (SSSR count). The summed E-state index contributed by atoms with van der Waals surface area (Å²) < 4.78 is 0. The summed E-state index contributed by atoms with van der Waals surface area (Å²) in [6, 6.07) is 7.26. The van der Waals surface area contributed by atoms with Crippen molar-refractivity contribution < 1.29 is 9.59 Å². The Morgan fingerprint density at radius 1 is 1.16 bits per heavy atom. The van der Waals surface area contributed by atoms with Gasteiger partial charge in [-0.25, -0.2) is 5.01 Å². The van der Waals surface area contributed by atoms with Crippen molar-refractivity contribution in [2.24, 2.45) is 0 Å². The molecule has 0 heterocycles. The second-order valence-electron chi connectivity index (χ2n) is 4.41. The molecule has 0 unspecified atom stereocenters. The van der Waals surface area contributed by atoms with Gasteiger partial charge < -0.3 is 4.90 Å². The molecule has 0 saturated heterocycles. The smallest absolute Gasteiger partial charge is 0.266 e. The summed E-state index contributed by atoms with van der Waals surface area (Å²) >= 11 is 1.37. The standard InChI is InChI=1S/C13H19N3O2S/c1-15(2)12(17)9-19-11-8-6-5-7-10(11)13(18)14-16(3)4/h5-8H,9H2,1-4H3,(H,14,18). The highest BCUT2D eigenvalue weighted by atomic mass is 32.2. The van der Waals surface area contributed by atoms with Crippen LogP contribution in [-0.2, 0) is 4.79 Å². The molecule has 104 valence electrons. The first-order valence-corrected chi connectivity index (χ1v) is 6.80. The first kappa shape index (κ1) is 15.5. The summed E-state index contributed by atoms with van der Waals surface area (Å²) in [6.45, 7) is 0. The van der Waals surface area contributed by atoms with Gasteiger partial charge in [-0.1, -0.05) is 12.1 Å². The van der Waals surface area contributed by atoms with Crippen LogP contribution in [0.2, 0.25) is 0 Å². The molecule has 0 bridgehead atoms. The van der Waals surface area contributed by atoms with Crippen LogP contribution in [0, 0.1) is 0 Å². The van der Waals surface area contributed by atoms with Crippen LogP contribution in [0.5, 0.6) is 0 Å². The van der Waals surface area contributed by atoms with E-state index in [1.54, 1.807) is 39.3 Å². The SMILES string of the molecule is CN(C)NC(=O)c1ccccc1SCC(=O)N(C)C. The molecule has 0 aliphatic carbocycles. The fraction of sp³-hybridized carbons (Fsp3) is 0.385. The number of benzene rings is 1. The number of hydrazine groups is 1. The lowest BCUT2D eigenvalue weighted by Gasteiger charge is -2.14. The Morgan fingerprint density at radius 2 is 1.79 bits per heavy atom. The van der Waals surface area contributed by atoms with Crippen molar-refractivity contribution in [2.75, 3.05) is 33.9 Å². The summed E-state index contributed by atoms with van der Waals surface area (Å²) in [6.07, 6.45) is 0. The second kappa shape index (κ2) is 7.16. The zero-order valence-corrected chi connectivity index (χ0v) is 12.5. The van der Waals surface area contributed by atoms with E-state index in [9.17, 15) is 9.59 Å². The van der Waals surface area contributed by atoms with Gasteiger partial charge in [-0.3, -0.25) is 15.0 Å². The van der Waals surface area contributed by atoms with E-state index in [-0.39, 0.29) is 11.8 Å². The van der Waals surface area contributed by atoms with Crippen LogP contribution in [0.15, 0.2) is 29.2 Å². The normalized spacial score (nSPS) is 10.4. The average molecular weight is 281 g/mol. The minimum absolute atomic E-state index is 0.0211. The van der Waals surface area contributed by atoms with Crippen molar-refractivity contribution in [3.8, 4) is 0 Å². The number of amides is 2. The number of thioether (sulfide) groups is 1. The topological polar surface area (TPSA) is 52.7 Å². The van der Waals surface area contributed by atoms with Crippen molar-refractivity contribution in [1.82, 2.24) is 15.3 Å². The molecule has 0 radical (unpaired) electrons. The van der Waals surface area contributed by atoms with E-state index in [0.717, 1.165) is 4.90 Å². The van der Waals surface area contributed by atoms with Crippen LogP contribution in [0.25, 0.3) is 0 Å². The zero-order chi connectivity index (χ0) is 14.4. The van der Waals surface area contributed by atoms with Gasteiger partial charge in [0.15, 0.2) is 0 Å². The second-order valence-corrected chi connectivity index (χ2v) is 5.43. The van der Waals surface area contributed by atoms with E-state index in [1.165, 1.54) is 16.7 Å². The first-order valence-electron chi connectivity index (χ1n) is 5.82. The molecule has 19 heavy (non-hydrogen) atoms. The number of hydrogen-bond donors (Lipinski definition) is 1. The molecule has 0 aromatic heterocycles. The molecule has 0 atom stereocenters. The highest BCUT2D eigenvalue weighted by Gasteiger charge is 2.13. The Kier molecular flexibility index (Phi) is 5.85. The third kappa shape index (κ3) is 4.92. The Balaban J connectivity index is 2.78. The van der Waals surface area contributed by atoms with E-state index in [0.29, 0.717) is 11.3 Å². The molecule has 1 N–H and O–H groups in total. The number of nitrogens with zero attached hydrogens (tertiary/aromatic N) is 2. The Morgan fingerprint density at radius 3 is 2.37 bits per heavy atom. The van der Waals surface area contributed by atoms with Crippen molar-refractivity contribution in [2.45, 2.75) is 4.90 Å². The van der Waals surface area contributed by atoms with Gasteiger partial charge in [-0.15, -0.1) is 11.8 Å². The lowest BCUT2D eigenvalue weighted by Crippen LogP contribution is -2.36. The molecule has 0 spiro atoms. The molecule has 1 aromatic carbocycles. The number of hydrogen-bond acceptors (Lipinski definition) is 4. The van der Waals surface area contributed by atoms with Gasteiger partial charge in [0.25, 0.3) is 5.91 Å². The Bertz CT molecular complexity index is 461. The van der Waals surface area contributed by atoms with Crippen LogP contribution in [0.4, 0.5) is 0 Å². The predicted octanol–water partition coefficient (Wildman–Crippen LogP) is 1.07. The molecule has 5 nitrogen and oxygen atoms in total. The maximum atomic E-state index is 12.0. The van der Waals surface area contributed by atoms with Gasteiger partial charge in [0.1, 0.15) is 0 Å². The van der Waals surface area contributed by atoms with Crippen LogP contribution in [-0.4, -0.2) is 55.7 Å². The zero-order valence-electron chi connectivity index (χ0n) is 11.6. The monoisotopic (exact) mass is 281 g/mol. The van der Waals surface area contributed by atoms with Crippen molar-refractivity contribution in [3.05, 3.63) is 29.8 Å².